The molecule has 1 aliphatic rings. The van der Waals surface area contributed by atoms with Gasteiger partial charge in [0, 0.05) is 26.7 Å². The van der Waals surface area contributed by atoms with Crippen LogP contribution in [0, 0.1) is 0 Å². The van der Waals surface area contributed by atoms with Crippen molar-refractivity contribution in [3.8, 4) is 0 Å². The van der Waals surface area contributed by atoms with E-state index in [4.69, 9.17) is 9.84 Å². The lowest BCUT2D eigenvalue weighted by Crippen LogP contribution is -2.46. The number of nitrogens with zero attached hydrogens (tertiary/aromatic N) is 1. The van der Waals surface area contributed by atoms with Crippen LogP contribution in [0.4, 0.5) is 0 Å². The van der Waals surface area contributed by atoms with Crippen LogP contribution >= 0.6 is 0 Å². The van der Waals surface area contributed by atoms with Crippen molar-refractivity contribution >= 4 is 16.2 Å². The second-order valence-corrected chi connectivity index (χ2v) is 6.56. The Balaban J connectivity index is 2.45. The van der Waals surface area contributed by atoms with Gasteiger partial charge in [0.25, 0.3) is 10.2 Å². The first kappa shape index (κ1) is 15.4. The van der Waals surface area contributed by atoms with Gasteiger partial charge in [-0.3, -0.25) is 4.79 Å². The molecule has 0 aromatic heterocycles. The summed E-state index contributed by atoms with van der Waals surface area (Å²) in [7, 11) is -2.29. The molecule has 0 bridgehead atoms. The summed E-state index contributed by atoms with van der Waals surface area (Å²) in [5.41, 5.74) is -0.458. The van der Waals surface area contributed by atoms with Gasteiger partial charge in [0.1, 0.15) is 0 Å². The Morgan fingerprint density at radius 1 is 1.56 bits per heavy atom. The molecule has 0 spiro atoms. The van der Waals surface area contributed by atoms with Gasteiger partial charge in [-0.2, -0.15) is 17.4 Å². The third-order valence-corrected chi connectivity index (χ3v) is 4.49. The fourth-order valence-corrected chi connectivity index (χ4v) is 2.74. The summed E-state index contributed by atoms with van der Waals surface area (Å²) in [6.45, 7) is 2.65. The summed E-state index contributed by atoms with van der Waals surface area (Å²) < 4.78 is 32.5. The lowest BCUT2D eigenvalue weighted by atomic mass is 10.0. The minimum atomic E-state index is -3.64. The Morgan fingerprint density at radius 3 is 2.72 bits per heavy atom. The van der Waals surface area contributed by atoms with Crippen LogP contribution in [0.25, 0.3) is 0 Å². The molecule has 1 saturated heterocycles. The van der Waals surface area contributed by atoms with Crippen molar-refractivity contribution < 1.29 is 23.1 Å². The van der Waals surface area contributed by atoms with Crippen LogP contribution in [0.15, 0.2) is 0 Å². The number of aliphatic carboxylic acids is 1. The van der Waals surface area contributed by atoms with E-state index < -0.39 is 21.8 Å². The van der Waals surface area contributed by atoms with E-state index in [9.17, 15) is 13.2 Å². The first-order chi connectivity index (χ1) is 8.25. The maximum Gasteiger partial charge on any atom is 0.304 e. The highest BCUT2D eigenvalue weighted by molar-refractivity contribution is 7.87. The van der Waals surface area contributed by atoms with Gasteiger partial charge in [-0.1, -0.05) is 0 Å². The van der Waals surface area contributed by atoms with E-state index in [1.165, 1.54) is 7.05 Å². The topological polar surface area (TPSA) is 95.9 Å². The van der Waals surface area contributed by atoms with Crippen LogP contribution in [-0.2, 0) is 19.7 Å². The van der Waals surface area contributed by atoms with E-state index in [1.54, 1.807) is 0 Å². The third-order valence-electron chi connectivity index (χ3n) is 2.98. The molecule has 18 heavy (non-hydrogen) atoms. The number of hydrogen-bond acceptors (Lipinski definition) is 4. The summed E-state index contributed by atoms with van der Waals surface area (Å²) in [5, 5.41) is 8.51. The molecule has 0 amide bonds. The normalized spacial score (nSPS) is 24.6. The molecule has 1 rings (SSSR count). The van der Waals surface area contributed by atoms with Gasteiger partial charge >= 0.3 is 5.97 Å². The van der Waals surface area contributed by atoms with Crippen molar-refractivity contribution in [3.05, 3.63) is 0 Å². The van der Waals surface area contributed by atoms with Gasteiger partial charge in [0.2, 0.25) is 0 Å². The molecular weight excluding hydrogens is 260 g/mol. The molecular formula is C10H20N2O5S. The van der Waals surface area contributed by atoms with Crippen LogP contribution < -0.4 is 4.72 Å². The minimum absolute atomic E-state index is 0.0533. The molecule has 1 fully saturated rings. The Morgan fingerprint density at radius 2 is 2.22 bits per heavy atom. The fourth-order valence-electron chi connectivity index (χ4n) is 1.70. The molecule has 1 unspecified atom stereocenters. The van der Waals surface area contributed by atoms with Crippen molar-refractivity contribution in [3.63, 3.8) is 0 Å². The average molecular weight is 280 g/mol. The Bertz CT molecular complexity index is 389. The smallest absolute Gasteiger partial charge is 0.304 e. The lowest BCUT2D eigenvalue weighted by Gasteiger charge is -2.25. The highest BCUT2D eigenvalue weighted by atomic mass is 32.2. The molecule has 1 aliphatic heterocycles. The van der Waals surface area contributed by atoms with Crippen molar-refractivity contribution in [2.75, 3.05) is 26.7 Å². The highest BCUT2D eigenvalue weighted by Crippen LogP contribution is 2.24. The SMILES string of the molecule is CN(CCC(=O)O)S(=O)(=O)NCC1(C)CCCO1. The summed E-state index contributed by atoms with van der Waals surface area (Å²) in [6.07, 6.45) is 1.52. The van der Waals surface area contributed by atoms with Crippen molar-refractivity contribution in [1.29, 1.82) is 0 Å². The number of ether oxygens (including phenoxy) is 1. The number of carboxylic acid groups (broad SMARTS) is 1. The number of carboxylic acids is 1. The molecule has 0 aromatic rings. The second kappa shape index (κ2) is 5.96. The van der Waals surface area contributed by atoms with Crippen molar-refractivity contribution in [2.24, 2.45) is 0 Å². The number of rotatable bonds is 7. The fraction of sp³-hybridized carbons (Fsp3) is 0.900. The van der Waals surface area contributed by atoms with Crippen LogP contribution in [0.1, 0.15) is 26.2 Å². The molecule has 0 saturated carbocycles. The molecule has 1 heterocycles. The van der Waals surface area contributed by atoms with Crippen molar-refractivity contribution in [1.82, 2.24) is 9.03 Å². The average Bonchev–Trinajstić information content (AvgIpc) is 2.71. The summed E-state index contributed by atoms with van der Waals surface area (Å²) in [4.78, 5) is 10.4. The predicted octanol–water partition coefficient (Wildman–Crippen LogP) is -0.204. The number of carbonyl (C=O) groups is 1. The molecule has 0 aliphatic carbocycles. The van der Waals surface area contributed by atoms with E-state index in [0.717, 1.165) is 17.1 Å². The quantitative estimate of drug-likeness (QED) is 0.673. The first-order valence-electron chi connectivity index (χ1n) is 5.82. The zero-order valence-electron chi connectivity index (χ0n) is 10.7. The van der Waals surface area contributed by atoms with Gasteiger partial charge in [-0.05, 0) is 19.8 Å². The van der Waals surface area contributed by atoms with Crippen LogP contribution in [0.3, 0.4) is 0 Å². The standard InChI is InChI=1S/C10H20N2O5S/c1-10(5-3-7-17-10)8-11-18(15,16)12(2)6-4-9(13)14/h11H,3-8H2,1-2H3,(H,13,14). The van der Waals surface area contributed by atoms with Crippen LogP contribution in [0.5, 0.6) is 0 Å². The van der Waals surface area contributed by atoms with E-state index in [-0.39, 0.29) is 19.5 Å². The lowest BCUT2D eigenvalue weighted by molar-refractivity contribution is -0.137. The Kier molecular flexibility index (Phi) is 5.09. The van der Waals surface area contributed by atoms with E-state index >= 15 is 0 Å². The van der Waals surface area contributed by atoms with Gasteiger partial charge in [-0.25, -0.2) is 0 Å². The Hall–Kier alpha value is -0.700. The van der Waals surface area contributed by atoms with Crippen LogP contribution in [-0.4, -0.2) is 56.1 Å². The maximum atomic E-state index is 11.8. The van der Waals surface area contributed by atoms with Gasteiger partial charge in [-0.15, -0.1) is 0 Å². The van der Waals surface area contributed by atoms with E-state index in [1.807, 2.05) is 6.92 Å². The number of hydrogen-bond donors (Lipinski definition) is 2. The molecule has 1 atom stereocenters. The second-order valence-electron chi connectivity index (χ2n) is 4.69. The third kappa shape index (κ3) is 4.52. The van der Waals surface area contributed by atoms with E-state index in [0.29, 0.717) is 6.61 Å². The monoisotopic (exact) mass is 280 g/mol. The number of nitrogens with one attached hydrogen (secondary N) is 1. The largest absolute Gasteiger partial charge is 0.481 e. The van der Waals surface area contributed by atoms with Gasteiger partial charge < -0.3 is 9.84 Å². The first-order valence-corrected chi connectivity index (χ1v) is 7.26. The van der Waals surface area contributed by atoms with Gasteiger partial charge in [0.05, 0.1) is 12.0 Å². The molecule has 2 N–H and O–H groups in total. The zero-order valence-corrected chi connectivity index (χ0v) is 11.5. The summed E-state index contributed by atoms with van der Waals surface area (Å²) in [5.74, 6) is -1.02. The zero-order chi connectivity index (χ0) is 13.8. The summed E-state index contributed by atoms with van der Waals surface area (Å²) in [6, 6.07) is 0. The summed E-state index contributed by atoms with van der Waals surface area (Å²) >= 11 is 0. The Labute approximate surface area is 107 Å². The molecule has 8 heteroatoms. The van der Waals surface area contributed by atoms with E-state index in [2.05, 4.69) is 4.72 Å². The predicted molar refractivity (Wildman–Crippen MR) is 65.4 cm³/mol. The van der Waals surface area contributed by atoms with Gasteiger partial charge in [0.15, 0.2) is 0 Å². The molecule has 0 radical (unpaired) electrons. The van der Waals surface area contributed by atoms with Crippen LogP contribution in [0.2, 0.25) is 0 Å². The molecule has 106 valence electrons. The minimum Gasteiger partial charge on any atom is -0.481 e. The maximum absolute atomic E-state index is 11.8. The molecule has 7 nitrogen and oxygen atoms in total. The highest BCUT2D eigenvalue weighted by Gasteiger charge is 2.31. The molecule has 0 aromatic carbocycles. The van der Waals surface area contributed by atoms with Crippen molar-refractivity contribution in [2.45, 2.75) is 31.8 Å².